The number of aromatic nitrogens is 3. The maximum Gasteiger partial charge on any atom is 0.182 e. The molecule has 1 N–H and O–H groups in total. The number of fused-ring (bicyclic) bond motifs is 1. The predicted octanol–water partition coefficient (Wildman–Crippen LogP) is 4.15. The van der Waals surface area contributed by atoms with Gasteiger partial charge in [0.15, 0.2) is 4.77 Å². The molecule has 2 aromatic heterocycles. The number of H-pyrrole nitrogens is 1. The number of aromatic amines is 1. The molecule has 0 saturated heterocycles. The highest BCUT2D eigenvalue weighted by Crippen LogP contribution is 2.26. The number of aryl methyl sites for hydroxylation is 1. The van der Waals surface area contributed by atoms with Crippen LogP contribution >= 0.6 is 28.1 Å². The minimum Gasteiger partial charge on any atom is -0.329 e. The molecule has 3 nitrogen and oxygen atoms in total. The molecule has 0 saturated carbocycles. The summed E-state index contributed by atoms with van der Waals surface area (Å²) in [5, 5.41) is 0. The van der Waals surface area contributed by atoms with Crippen molar-refractivity contribution in [2.45, 2.75) is 6.92 Å². The Balaban J connectivity index is 2.41. The lowest BCUT2D eigenvalue weighted by molar-refractivity contribution is 1.05. The molecule has 18 heavy (non-hydrogen) atoms. The lowest BCUT2D eigenvalue weighted by Gasteiger charge is -2.08. The van der Waals surface area contributed by atoms with E-state index < -0.39 is 0 Å². The van der Waals surface area contributed by atoms with Crippen molar-refractivity contribution < 1.29 is 0 Å². The minimum absolute atomic E-state index is 0.671. The van der Waals surface area contributed by atoms with Crippen LogP contribution in [0, 0.1) is 11.7 Å². The van der Waals surface area contributed by atoms with Crippen LogP contribution in [0.3, 0.4) is 0 Å². The first-order chi connectivity index (χ1) is 8.66. The number of pyridine rings is 1. The topological polar surface area (TPSA) is 33.6 Å². The summed E-state index contributed by atoms with van der Waals surface area (Å²) in [6.07, 6.45) is 3.55. The molecule has 0 spiro atoms. The van der Waals surface area contributed by atoms with Gasteiger partial charge < -0.3 is 4.98 Å². The summed E-state index contributed by atoms with van der Waals surface area (Å²) in [7, 11) is 0. The maximum atomic E-state index is 5.40. The lowest BCUT2D eigenvalue weighted by Crippen LogP contribution is -1.96. The van der Waals surface area contributed by atoms with E-state index in [0.717, 1.165) is 21.2 Å². The minimum atomic E-state index is 0.671. The summed E-state index contributed by atoms with van der Waals surface area (Å²) >= 11 is 8.97. The zero-order valence-corrected chi connectivity index (χ0v) is 12.0. The van der Waals surface area contributed by atoms with Crippen LogP contribution in [0.2, 0.25) is 0 Å². The Kier molecular flexibility index (Phi) is 2.80. The molecule has 0 aliphatic carbocycles. The molecule has 0 radical (unpaired) electrons. The van der Waals surface area contributed by atoms with Gasteiger partial charge in [0.2, 0.25) is 0 Å². The van der Waals surface area contributed by atoms with Crippen molar-refractivity contribution in [3.8, 4) is 5.69 Å². The number of nitrogens with zero attached hydrogens (tertiary/aromatic N) is 2. The van der Waals surface area contributed by atoms with E-state index in [1.54, 1.807) is 12.4 Å². The van der Waals surface area contributed by atoms with Gasteiger partial charge in [-0.3, -0.25) is 9.55 Å². The summed E-state index contributed by atoms with van der Waals surface area (Å²) in [4.78, 5) is 7.27. The average Bonchev–Trinajstić information content (AvgIpc) is 2.68. The molecule has 0 unspecified atom stereocenters. The van der Waals surface area contributed by atoms with Gasteiger partial charge in [-0.25, -0.2) is 0 Å². The Morgan fingerprint density at radius 1 is 1.33 bits per heavy atom. The van der Waals surface area contributed by atoms with E-state index >= 15 is 0 Å². The van der Waals surface area contributed by atoms with Crippen LogP contribution in [-0.4, -0.2) is 14.5 Å². The van der Waals surface area contributed by atoms with Crippen molar-refractivity contribution in [2.75, 3.05) is 0 Å². The second-order valence-electron chi connectivity index (χ2n) is 4.11. The zero-order valence-electron chi connectivity index (χ0n) is 9.64. The van der Waals surface area contributed by atoms with E-state index in [9.17, 15) is 0 Å². The van der Waals surface area contributed by atoms with Gasteiger partial charge in [-0.1, -0.05) is 6.07 Å². The molecule has 2 heterocycles. The average molecular weight is 320 g/mol. The van der Waals surface area contributed by atoms with Crippen LogP contribution in [-0.2, 0) is 0 Å². The van der Waals surface area contributed by atoms with Crippen LogP contribution in [0.4, 0.5) is 0 Å². The van der Waals surface area contributed by atoms with Gasteiger partial charge in [0.05, 0.1) is 22.9 Å². The van der Waals surface area contributed by atoms with E-state index in [-0.39, 0.29) is 0 Å². The Morgan fingerprint density at radius 3 is 3.00 bits per heavy atom. The van der Waals surface area contributed by atoms with Gasteiger partial charge in [-0.05, 0) is 58.8 Å². The third-order valence-corrected chi connectivity index (χ3v) is 3.78. The van der Waals surface area contributed by atoms with E-state index in [4.69, 9.17) is 12.2 Å². The molecule has 0 fully saturated rings. The molecule has 3 aromatic rings. The summed E-state index contributed by atoms with van der Waals surface area (Å²) < 4.78 is 3.70. The van der Waals surface area contributed by atoms with Gasteiger partial charge in [-0.2, -0.15) is 0 Å². The van der Waals surface area contributed by atoms with Crippen molar-refractivity contribution in [1.82, 2.24) is 14.5 Å². The third-order valence-electron chi connectivity index (χ3n) is 2.83. The first-order valence-corrected chi connectivity index (χ1v) is 6.68. The Morgan fingerprint density at radius 2 is 2.17 bits per heavy atom. The number of hydrogen-bond donors (Lipinski definition) is 1. The third kappa shape index (κ3) is 1.79. The van der Waals surface area contributed by atoms with Crippen molar-refractivity contribution in [1.29, 1.82) is 0 Å². The largest absolute Gasteiger partial charge is 0.329 e. The zero-order chi connectivity index (χ0) is 12.7. The highest BCUT2D eigenvalue weighted by atomic mass is 79.9. The van der Waals surface area contributed by atoms with E-state index in [1.807, 2.05) is 16.7 Å². The summed E-state index contributed by atoms with van der Waals surface area (Å²) in [5.74, 6) is 0. The van der Waals surface area contributed by atoms with Crippen LogP contribution in [0.25, 0.3) is 16.7 Å². The van der Waals surface area contributed by atoms with Gasteiger partial charge in [0, 0.05) is 10.7 Å². The van der Waals surface area contributed by atoms with Gasteiger partial charge in [-0.15, -0.1) is 0 Å². The SMILES string of the molecule is Cc1ccc(Br)c(-n2c(=S)[nH]c3cnccc32)c1. The summed E-state index contributed by atoms with van der Waals surface area (Å²) in [5.41, 5.74) is 4.20. The number of rotatable bonds is 1. The molecule has 0 atom stereocenters. The van der Waals surface area contributed by atoms with Crippen LogP contribution in [0.1, 0.15) is 5.56 Å². The fraction of sp³-hybridized carbons (Fsp3) is 0.0769. The van der Waals surface area contributed by atoms with E-state index in [1.165, 1.54) is 5.56 Å². The second-order valence-corrected chi connectivity index (χ2v) is 5.35. The van der Waals surface area contributed by atoms with E-state index in [0.29, 0.717) is 4.77 Å². The van der Waals surface area contributed by atoms with Gasteiger partial charge in [0.1, 0.15) is 0 Å². The monoisotopic (exact) mass is 319 g/mol. The fourth-order valence-electron chi connectivity index (χ4n) is 1.99. The number of hydrogen-bond acceptors (Lipinski definition) is 2. The first kappa shape index (κ1) is 11.6. The van der Waals surface area contributed by atoms with Crippen molar-refractivity contribution >= 4 is 39.2 Å². The van der Waals surface area contributed by atoms with Crippen molar-refractivity contribution in [3.05, 3.63) is 51.5 Å². The predicted molar refractivity (Wildman–Crippen MR) is 78.7 cm³/mol. The lowest BCUT2D eigenvalue weighted by atomic mass is 10.2. The summed E-state index contributed by atoms with van der Waals surface area (Å²) in [6.45, 7) is 2.07. The molecule has 1 aromatic carbocycles. The number of nitrogens with one attached hydrogen (secondary N) is 1. The van der Waals surface area contributed by atoms with Crippen LogP contribution in [0.5, 0.6) is 0 Å². The van der Waals surface area contributed by atoms with Gasteiger partial charge in [0.25, 0.3) is 0 Å². The number of halogens is 1. The quantitative estimate of drug-likeness (QED) is 0.683. The molecular weight excluding hydrogens is 310 g/mol. The molecule has 0 aliphatic heterocycles. The van der Waals surface area contributed by atoms with Crippen LogP contribution in [0.15, 0.2) is 41.1 Å². The molecule has 0 bridgehead atoms. The first-order valence-electron chi connectivity index (χ1n) is 5.48. The Hall–Kier alpha value is -1.46. The highest BCUT2D eigenvalue weighted by Gasteiger charge is 2.09. The van der Waals surface area contributed by atoms with E-state index in [2.05, 4.69) is 45.0 Å². The Bertz CT molecular complexity index is 788. The molecular formula is C13H10BrN3S. The molecule has 90 valence electrons. The number of imidazole rings is 1. The smallest absolute Gasteiger partial charge is 0.182 e. The van der Waals surface area contributed by atoms with Gasteiger partial charge >= 0.3 is 0 Å². The normalized spacial score (nSPS) is 11.0. The molecule has 3 rings (SSSR count). The standard InChI is InChI=1S/C13H10BrN3S/c1-8-2-3-9(14)12(6-8)17-11-4-5-15-7-10(11)16-13(17)18/h2-7H,1H3,(H,16,18). The molecule has 5 heteroatoms. The molecule has 0 amide bonds. The highest BCUT2D eigenvalue weighted by molar-refractivity contribution is 9.10. The second kappa shape index (κ2) is 4.33. The fourth-order valence-corrected chi connectivity index (χ4v) is 2.72. The molecule has 0 aliphatic rings. The summed E-state index contributed by atoms with van der Waals surface area (Å²) in [6, 6.07) is 8.16. The number of benzene rings is 1. The maximum absolute atomic E-state index is 5.40. The Labute approximate surface area is 118 Å². The van der Waals surface area contributed by atoms with Crippen LogP contribution < -0.4 is 0 Å². The van der Waals surface area contributed by atoms with Crippen molar-refractivity contribution in [2.24, 2.45) is 0 Å². The van der Waals surface area contributed by atoms with Crippen molar-refractivity contribution in [3.63, 3.8) is 0 Å².